The van der Waals surface area contributed by atoms with Crippen LogP contribution in [0.3, 0.4) is 0 Å². The van der Waals surface area contributed by atoms with Crippen molar-refractivity contribution >= 4 is 11.3 Å². The third kappa shape index (κ3) is 5.58. The lowest BCUT2D eigenvalue weighted by molar-refractivity contribution is 0.514. The summed E-state index contributed by atoms with van der Waals surface area (Å²) in [5, 5.41) is 10.1. The van der Waals surface area contributed by atoms with Crippen LogP contribution in [-0.2, 0) is 0 Å². The molecular formula is C12H23N3S. The summed E-state index contributed by atoms with van der Waals surface area (Å²) >= 11 is 1.72. The van der Waals surface area contributed by atoms with Gasteiger partial charge in [-0.15, -0.1) is 11.3 Å². The Kier molecular flexibility index (Phi) is 6.61. The Morgan fingerprint density at radius 2 is 1.88 bits per heavy atom. The molecule has 2 N–H and O–H groups in total. The zero-order valence-corrected chi connectivity index (χ0v) is 11.3. The molecule has 0 radical (unpaired) electrons. The van der Waals surface area contributed by atoms with Gasteiger partial charge in [0.25, 0.3) is 0 Å². The van der Waals surface area contributed by atoms with Crippen LogP contribution in [0.5, 0.6) is 0 Å². The monoisotopic (exact) mass is 241 g/mol. The first-order valence-corrected chi connectivity index (χ1v) is 6.94. The van der Waals surface area contributed by atoms with Crippen molar-refractivity contribution in [2.24, 2.45) is 0 Å². The number of hydrogen-bond acceptors (Lipinski definition) is 4. The smallest absolute Gasteiger partial charge is 0.109 e. The van der Waals surface area contributed by atoms with Gasteiger partial charge >= 0.3 is 0 Å². The maximum atomic E-state index is 4.30. The van der Waals surface area contributed by atoms with Crippen LogP contribution < -0.4 is 10.6 Å². The van der Waals surface area contributed by atoms with Gasteiger partial charge in [-0.3, -0.25) is 0 Å². The molecule has 16 heavy (non-hydrogen) atoms. The van der Waals surface area contributed by atoms with Gasteiger partial charge in [-0.1, -0.05) is 13.8 Å². The summed E-state index contributed by atoms with van der Waals surface area (Å²) in [5.41, 5.74) is 0. The molecule has 0 saturated heterocycles. The van der Waals surface area contributed by atoms with E-state index in [-0.39, 0.29) is 0 Å². The largest absolute Gasteiger partial charge is 0.315 e. The maximum Gasteiger partial charge on any atom is 0.109 e. The summed E-state index contributed by atoms with van der Waals surface area (Å²) in [7, 11) is 0. The lowest BCUT2D eigenvalue weighted by Crippen LogP contribution is -2.25. The standard InChI is InChI=1S/C12H23N3S/c1-10(2)13-6-4-5-7-14-11(3)12-15-8-9-16-12/h8-11,13-14H,4-7H2,1-3H3. The molecule has 0 amide bonds. The molecular weight excluding hydrogens is 218 g/mol. The minimum absolute atomic E-state index is 0.387. The molecule has 4 heteroatoms. The molecule has 1 unspecified atom stereocenters. The van der Waals surface area contributed by atoms with Gasteiger partial charge in [0.2, 0.25) is 0 Å². The van der Waals surface area contributed by atoms with Crippen molar-refractivity contribution < 1.29 is 0 Å². The first-order chi connectivity index (χ1) is 7.70. The van der Waals surface area contributed by atoms with Gasteiger partial charge in [-0.05, 0) is 32.9 Å². The highest BCUT2D eigenvalue weighted by Crippen LogP contribution is 2.14. The molecule has 3 nitrogen and oxygen atoms in total. The van der Waals surface area contributed by atoms with Crippen LogP contribution in [0.15, 0.2) is 11.6 Å². The molecule has 0 aliphatic rings. The van der Waals surface area contributed by atoms with E-state index in [4.69, 9.17) is 0 Å². The Morgan fingerprint density at radius 3 is 2.44 bits per heavy atom. The average molecular weight is 241 g/mol. The molecule has 0 aromatic carbocycles. The van der Waals surface area contributed by atoms with E-state index in [0.717, 1.165) is 13.1 Å². The number of nitrogens with zero attached hydrogens (tertiary/aromatic N) is 1. The Morgan fingerprint density at radius 1 is 1.19 bits per heavy atom. The predicted molar refractivity (Wildman–Crippen MR) is 70.9 cm³/mol. The molecule has 1 rings (SSSR count). The summed E-state index contributed by atoms with van der Waals surface area (Å²) in [6.07, 6.45) is 4.32. The summed E-state index contributed by atoms with van der Waals surface area (Å²) in [4.78, 5) is 4.30. The van der Waals surface area contributed by atoms with Crippen LogP contribution in [-0.4, -0.2) is 24.1 Å². The SMILES string of the molecule is CC(C)NCCCCNC(C)c1nccs1. The van der Waals surface area contributed by atoms with Crippen LogP contribution >= 0.6 is 11.3 Å². The molecule has 92 valence electrons. The van der Waals surface area contributed by atoms with Crippen molar-refractivity contribution in [1.82, 2.24) is 15.6 Å². The molecule has 0 fully saturated rings. The second kappa shape index (κ2) is 7.76. The van der Waals surface area contributed by atoms with Crippen molar-refractivity contribution in [2.75, 3.05) is 13.1 Å². The van der Waals surface area contributed by atoms with Gasteiger partial charge in [0.15, 0.2) is 0 Å². The van der Waals surface area contributed by atoms with Gasteiger partial charge in [-0.25, -0.2) is 4.98 Å². The summed E-state index contributed by atoms with van der Waals surface area (Å²) in [6, 6.07) is 0.986. The fourth-order valence-corrected chi connectivity index (χ4v) is 2.17. The molecule has 0 spiro atoms. The van der Waals surface area contributed by atoms with Gasteiger partial charge in [-0.2, -0.15) is 0 Å². The highest BCUT2D eigenvalue weighted by Gasteiger charge is 2.05. The fourth-order valence-electron chi connectivity index (χ4n) is 1.49. The Labute approximate surface area is 103 Å². The predicted octanol–water partition coefficient (Wildman–Crippen LogP) is 2.57. The van der Waals surface area contributed by atoms with E-state index in [2.05, 4.69) is 36.4 Å². The fraction of sp³-hybridized carbons (Fsp3) is 0.750. The van der Waals surface area contributed by atoms with Crippen molar-refractivity contribution in [3.05, 3.63) is 16.6 Å². The van der Waals surface area contributed by atoms with E-state index in [1.165, 1.54) is 17.8 Å². The van der Waals surface area contributed by atoms with E-state index >= 15 is 0 Å². The molecule has 1 aromatic heterocycles. The lowest BCUT2D eigenvalue weighted by atomic mass is 10.2. The molecule has 0 saturated carbocycles. The molecule has 0 aliphatic heterocycles. The minimum atomic E-state index is 0.387. The maximum absolute atomic E-state index is 4.30. The minimum Gasteiger partial charge on any atom is -0.315 e. The van der Waals surface area contributed by atoms with Crippen LogP contribution in [0, 0.1) is 0 Å². The lowest BCUT2D eigenvalue weighted by Gasteiger charge is -2.11. The Hall–Kier alpha value is -0.450. The summed E-state index contributed by atoms with van der Waals surface area (Å²) in [5.74, 6) is 0. The van der Waals surface area contributed by atoms with E-state index in [1.54, 1.807) is 11.3 Å². The first kappa shape index (κ1) is 13.6. The number of unbranched alkanes of at least 4 members (excludes halogenated alkanes) is 1. The van der Waals surface area contributed by atoms with Crippen LogP contribution in [0.2, 0.25) is 0 Å². The zero-order chi connectivity index (χ0) is 11.8. The topological polar surface area (TPSA) is 37.0 Å². The van der Waals surface area contributed by atoms with E-state index in [1.807, 2.05) is 11.6 Å². The van der Waals surface area contributed by atoms with Crippen molar-refractivity contribution in [3.8, 4) is 0 Å². The van der Waals surface area contributed by atoms with Gasteiger partial charge in [0.1, 0.15) is 5.01 Å². The molecule has 0 bridgehead atoms. The van der Waals surface area contributed by atoms with Gasteiger partial charge in [0, 0.05) is 17.6 Å². The molecule has 0 aliphatic carbocycles. The average Bonchev–Trinajstić information content (AvgIpc) is 2.75. The summed E-state index contributed by atoms with van der Waals surface area (Å²) < 4.78 is 0. The molecule has 1 aromatic rings. The Bertz CT molecular complexity index is 259. The van der Waals surface area contributed by atoms with Gasteiger partial charge in [0.05, 0.1) is 6.04 Å². The zero-order valence-electron chi connectivity index (χ0n) is 10.5. The van der Waals surface area contributed by atoms with Crippen LogP contribution in [0.4, 0.5) is 0 Å². The normalized spacial score (nSPS) is 13.2. The van der Waals surface area contributed by atoms with Crippen LogP contribution in [0.1, 0.15) is 44.7 Å². The third-order valence-corrected chi connectivity index (χ3v) is 3.39. The van der Waals surface area contributed by atoms with Crippen molar-refractivity contribution in [3.63, 3.8) is 0 Å². The number of nitrogens with one attached hydrogen (secondary N) is 2. The highest BCUT2D eigenvalue weighted by atomic mass is 32.1. The van der Waals surface area contributed by atoms with E-state index < -0.39 is 0 Å². The van der Waals surface area contributed by atoms with Gasteiger partial charge < -0.3 is 10.6 Å². The Balaban J connectivity index is 1.99. The number of aromatic nitrogens is 1. The second-order valence-corrected chi connectivity index (χ2v) is 5.29. The van der Waals surface area contributed by atoms with E-state index in [9.17, 15) is 0 Å². The molecule has 1 heterocycles. The number of hydrogen-bond donors (Lipinski definition) is 2. The first-order valence-electron chi connectivity index (χ1n) is 6.06. The summed E-state index contributed by atoms with van der Waals surface area (Å²) in [6.45, 7) is 8.72. The quantitative estimate of drug-likeness (QED) is 0.687. The highest BCUT2D eigenvalue weighted by molar-refractivity contribution is 7.09. The van der Waals surface area contributed by atoms with E-state index in [0.29, 0.717) is 12.1 Å². The molecule has 1 atom stereocenters. The number of thiazole rings is 1. The second-order valence-electron chi connectivity index (χ2n) is 4.36. The van der Waals surface area contributed by atoms with Crippen LogP contribution in [0.25, 0.3) is 0 Å². The third-order valence-electron chi connectivity index (χ3n) is 2.43. The number of rotatable bonds is 8. The van der Waals surface area contributed by atoms with Crippen molar-refractivity contribution in [2.45, 2.75) is 45.7 Å². The van der Waals surface area contributed by atoms with Crippen molar-refractivity contribution in [1.29, 1.82) is 0 Å².